The Labute approximate surface area is 316 Å². The maximum atomic E-state index is 14.6. The van der Waals surface area contributed by atoms with E-state index in [1.165, 1.54) is 18.4 Å². The molecule has 0 spiro atoms. The van der Waals surface area contributed by atoms with Gasteiger partial charge in [0.15, 0.2) is 27.8 Å². The minimum atomic E-state index is -0.888. The lowest BCUT2D eigenvalue weighted by Gasteiger charge is -2.26. The van der Waals surface area contributed by atoms with Crippen LogP contribution >= 0.6 is 22.9 Å². The number of aromatic nitrogens is 1. The van der Waals surface area contributed by atoms with Crippen LogP contribution in [0.3, 0.4) is 0 Å². The number of hydrogen-bond acceptors (Lipinski definition) is 9. The Morgan fingerprint density at radius 1 is 0.925 bits per heavy atom. The zero-order valence-corrected chi connectivity index (χ0v) is 31.5. The molecule has 0 saturated heterocycles. The maximum absolute atomic E-state index is 14.6. The Hall–Kier alpha value is -5.58. The molecule has 0 amide bonds. The summed E-state index contributed by atoms with van der Waals surface area (Å²) in [7, 11) is 3.09. The van der Waals surface area contributed by atoms with Crippen LogP contribution in [0.1, 0.15) is 47.7 Å². The van der Waals surface area contributed by atoms with Gasteiger partial charge in [-0.05, 0) is 79.4 Å². The predicted molar refractivity (Wildman–Crippen MR) is 208 cm³/mol. The maximum Gasteiger partial charge on any atom is 0.338 e. The van der Waals surface area contributed by atoms with Gasteiger partial charge in [0.25, 0.3) is 5.56 Å². The summed E-state index contributed by atoms with van der Waals surface area (Å²) < 4.78 is 31.1. The quantitative estimate of drug-likeness (QED) is 0.0868. The second-order valence-corrected chi connectivity index (χ2v) is 13.3. The smallest absolute Gasteiger partial charge is 0.338 e. The molecule has 11 heteroatoms. The predicted octanol–water partition coefficient (Wildman–Crippen LogP) is 7.31. The summed E-state index contributed by atoms with van der Waals surface area (Å²) in [5, 5.41) is 0.647. The van der Waals surface area contributed by atoms with Crippen LogP contribution in [-0.4, -0.2) is 38.0 Å². The van der Waals surface area contributed by atoms with Crippen LogP contribution in [-0.2, 0) is 22.6 Å². The van der Waals surface area contributed by atoms with E-state index in [-0.39, 0.29) is 17.7 Å². The topological polar surface area (TPSA) is 97.6 Å². The number of thiazole rings is 1. The van der Waals surface area contributed by atoms with Gasteiger partial charge in [-0.3, -0.25) is 9.36 Å². The van der Waals surface area contributed by atoms with Crippen molar-refractivity contribution < 1.29 is 28.5 Å². The summed E-state index contributed by atoms with van der Waals surface area (Å²) in [4.78, 5) is 33.9. The number of carbonyl (C=O) groups is 1. The van der Waals surface area contributed by atoms with Crippen molar-refractivity contribution in [2.24, 2.45) is 4.99 Å². The highest BCUT2D eigenvalue weighted by atomic mass is 35.5. The van der Waals surface area contributed by atoms with E-state index in [1.807, 2.05) is 85.8 Å². The van der Waals surface area contributed by atoms with Crippen molar-refractivity contribution in [3.8, 4) is 23.0 Å². The van der Waals surface area contributed by atoms with Crippen LogP contribution in [0.4, 0.5) is 0 Å². The minimum Gasteiger partial charge on any atom is -0.493 e. The summed E-state index contributed by atoms with van der Waals surface area (Å²) in [5.41, 5.74) is 4.19. The van der Waals surface area contributed by atoms with Gasteiger partial charge in [-0.1, -0.05) is 77.5 Å². The number of hydrogen-bond donors (Lipinski definition) is 0. The second kappa shape index (κ2) is 16.8. The molecule has 1 aliphatic heterocycles. The third-order valence-electron chi connectivity index (χ3n) is 8.51. The highest BCUT2D eigenvalue weighted by Gasteiger charge is 2.35. The lowest BCUT2D eigenvalue weighted by Crippen LogP contribution is -2.40. The molecule has 6 rings (SSSR count). The van der Waals surface area contributed by atoms with Gasteiger partial charge in [-0.15, -0.1) is 6.58 Å². The Morgan fingerprint density at radius 3 is 2.36 bits per heavy atom. The summed E-state index contributed by atoms with van der Waals surface area (Å²) in [5.74, 6) is 1.52. The molecule has 272 valence electrons. The molecule has 9 nitrogen and oxygen atoms in total. The van der Waals surface area contributed by atoms with Crippen LogP contribution in [0.5, 0.6) is 23.0 Å². The standard InChI is InChI=1S/C42H39ClN2O7S/c1-6-12-30-21-27(22-34(50-7-2)39(30)52-25-26-15-18-31(43)19-16-26)23-35-40(46)45-38(29-17-20-32(48-4)33(24-29)49-5)36(41(47)51-8-3)37(44-42(45)53-35)28-13-10-9-11-14-28/h6,9-11,13-24,38H,1,7-8,12,25H2,2-5H3/b35-23+/t38-/m0/s1. The van der Waals surface area contributed by atoms with Gasteiger partial charge >= 0.3 is 5.97 Å². The van der Waals surface area contributed by atoms with Gasteiger partial charge in [-0.2, -0.15) is 0 Å². The number of allylic oxidation sites excluding steroid dienone is 1. The van der Waals surface area contributed by atoms with E-state index in [9.17, 15) is 9.59 Å². The normalized spacial score (nSPS) is 13.9. The molecule has 2 heterocycles. The number of benzene rings is 4. The number of rotatable bonds is 14. The number of methoxy groups -OCH3 is 2. The lowest BCUT2D eigenvalue weighted by molar-refractivity contribution is -0.138. The molecule has 0 saturated carbocycles. The monoisotopic (exact) mass is 750 g/mol. The minimum absolute atomic E-state index is 0.141. The molecular formula is C42H39ClN2O7S. The van der Waals surface area contributed by atoms with Gasteiger partial charge < -0.3 is 23.7 Å². The van der Waals surface area contributed by atoms with Gasteiger partial charge in [0.05, 0.1) is 49.3 Å². The first-order chi connectivity index (χ1) is 25.8. The van der Waals surface area contributed by atoms with E-state index < -0.39 is 12.0 Å². The number of ether oxygens (including phenoxy) is 5. The molecule has 4 aromatic carbocycles. The number of carbonyl (C=O) groups excluding carboxylic acids is 1. The molecule has 5 aromatic rings. The average molecular weight is 751 g/mol. The Balaban J connectivity index is 1.55. The molecule has 1 aliphatic rings. The van der Waals surface area contributed by atoms with Crippen LogP contribution in [0.25, 0.3) is 11.8 Å². The molecule has 1 aromatic heterocycles. The molecular weight excluding hydrogens is 712 g/mol. The third-order valence-corrected chi connectivity index (χ3v) is 9.74. The van der Waals surface area contributed by atoms with Gasteiger partial charge in [0.1, 0.15) is 6.61 Å². The summed E-state index contributed by atoms with van der Waals surface area (Å²) in [6.45, 7) is 8.45. The molecule has 1 atom stereocenters. The van der Waals surface area contributed by atoms with Crippen molar-refractivity contribution in [1.29, 1.82) is 0 Å². The summed E-state index contributed by atoms with van der Waals surface area (Å²) in [6.07, 6.45) is 4.11. The molecule has 53 heavy (non-hydrogen) atoms. The Bertz CT molecular complexity index is 2350. The number of fused-ring (bicyclic) bond motifs is 1. The molecule has 0 N–H and O–H groups in total. The first-order valence-corrected chi connectivity index (χ1v) is 18.3. The van der Waals surface area contributed by atoms with E-state index in [2.05, 4.69) is 6.58 Å². The van der Waals surface area contributed by atoms with E-state index in [0.29, 0.717) is 73.8 Å². The highest BCUT2D eigenvalue weighted by molar-refractivity contribution is 7.07. The van der Waals surface area contributed by atoms with Crippen molar-refractivity contribution in [3.63, 3.8) is 0 Å². The number of nitrogens with zero attached hydrogens (tertiary/aromatic N) is 2. The van der Waals surface area contributed by atoms with Crippen LogP contribution in [0, 0.1) is 0 Å². The lowest BCUT2D eigenvalue weighted by atomic mass is 9.93. The summed E-state index contributed by atoms with van der Waals surface area (Å²) >= 11 is 7.32. The van der Waals surface area contributed by atoms with Gasteiger partial charge in [-0.25, -0.2) is 9.79 Å². The van der Waals surface area contributed by atoms with E-state index >= 15 is 0 Å². The third kappa shape index (κ3) is 7.94. The summed E-state index contributed by atoms with van der Waals surface area (Å²) in [6, 6.07) is 25.1. The second-order valence-electron chi connectivity index (χ2n) is 11.9. The first-order valence-electron chi connectivity index (χ1n) is 17.1. The van der Waals surface area contributed by atoms with Crippen molar-refractivity contribution in [2.75, 3.05) is 27.4 Å². The number of esters is 1. The average Bonchev–Trinajstić information content (AvgIpc) is 3.48. The Morgan fingerprint density at radius 2 is 1.68 bits per heavy atom. The molecule has 0 bridgehead atoms. The van der Waals surface area contributed by atoms with Crippen molar-refractivity contribution in [2.45, 2.75) is 32.9 Å². The van der Waals surface area contributed by atoms with Crippen LogP contribution in [0.2, 0.25) is 5.02 Å². The zero-order valence-electron chi connectivity index (χ0n) is 29.9. The molecule has 0 unspecified atom stereocenters. The largest absolute Gasteiger partial charge is 0.493 e. The van der Waals surface area contributed by atoms with Gasteiger partial charge in [0, 0.05) is 16.1 Å². The van der Waals surface area contributed by atoms with E-state index in [1.54, 1.807) is 36.8 Å². The fourth-order valence-corrected chi connectivity index (χ4v) is 7.29. The SMILES string of the molecule is C=CCc1cc(/C=c2/sc3n(c2=O)[C@@H](c2ccc(OC)c(OC)c2)C(C(=O)OCC)=C(c2ccccc2)N=3)cc(OCC)c1OCc1ccc(Cl)cc1. The highest BCUT2D eigenvalue weighted by Crippen LogP contribution is 2.39. The van der Waals surface area contributed by atoms with Crippen LogP contribution < -0.4 is 33.8 Å². The van der Waals surface area contributed by atoms with Crippen molar-refractivity contribution in [1.82, 2.24) is 4.57 Å². The van der Waals surface area contributed by atoms with Crippen molar-refractivity contribution >= 4 is 40.7 Å². The van der Waals surface area contributed by atoms with Crippen molar-refractivity contribution in [3.05, 3.63) is 156 Å². The van der Waals surface area contributed by atoms with Crippen LogP contribution in [0.15, 0.2) is 113 Å². The molecule has 0 radical (unpaired) electrons. The fraction of sp³-hybridized carbons (Fsp3) is 0.214. The zero-order chi connectivity index (χ0) is 37.5. The molecule has 0 aliphatic carbocycles. The van der Waals surface area contributed by atoms with Gasteiger partial charge in [0.2, 0.25) is 0 Å². The Kier molecular flexibility index (Phi) is 11.8. The molecule has 0 fully saturated rings. The number of halogens is 1. The van der Waals surface area contributed by atoms with E-state index in [4.69, 9.17) is 40.3 Å². The fourth-order valence-electron chi connectivity index (χ4n) is 6.17. The first kappa shape index (κ1) is 37.2. The van der Waals surface area contributed by atoms with E-state index in [0.717, 1.165) is 16.7 Å².